The Labute approximate surface area is 135 Å². The highest BCUT2D eigenvalue weighted by Gasteiger charge is 2.11. The highest BCUT2D eigenvalue weighted by Crippen LogP contribution is 2.23. The summed E-state index contributed by atoms with van der Waals surface area (Å²) in [4.78, 5) is 15.7. The van der Waals surface area contributed by atoms with E-state index in [2.05, 4.69) is 40.2 Å². The minimum atomic E-state index is -0.419. The lowest BCUT2D eigenvalue weighted by Gasteiger charge is -2.05. The maximum atomic E-state index is 11.0. The van der Waals surface area contributed by atoms with E-state index in [0.29, 0.717) is 5.71 Å². The molecule has 0 unspecified atom stereocenters. The lowest BCUT2D eigenvalue weighted by atomic mass is 10.1. The zero-order chi connectivity index (χ0) is 16.2. The largest absolute Gasteiger partial charge is 0.342 e. The lowest BCUT2D eigenvalue weighted by molar-refractivity contribution is -0.140. The number of hydrogen-bond donors (Lipinski definition) is 0. The number of rotatable bonds is 4. The molecule has 116 valence electrons. The van der Waals surface area contributed by atoms with Crippen LogP contribution in [0.3, 0.4) is 0 Å². The molecule has 0 radical (unpaired) electrons. The SMILES string of the molecule is CC(=O)O/N=C(\C)c1cn(Cc2ccccc2)c2ccccc12. The molecule has 0 atom stereocenters. The second kappa shape index (κ2) is 6.48. The van der Waals surface area contributed by atoms with Gasteiger partial charge in [-0.2, -0.15) is 0 Å². The molecule has 1 heterocycles. The molecular weight excluding hydrogens is 288 g/mol. The van der Waals surface area contributed by atoms with E-state index in [4.69, 9.17) is 4.84 Å². The first kappa shape index (κ1) is 15.0. The molecule has 0 bridgehead atoms. The van der Waals surface area contributed by atoms with Gasteiger partial charge < -0.3 is 9.40 Å². The van der Waals surface area contributed by atoms with Crippen LogP contribution in [-0.4, -0.2) is 16.2 Å². The number of nitrogens with zero attached hydrogens (tertiary/aromatic N) is 2. The van der Waals surface area contributed by atoms with Crippen LogP contribution in [0.25, 0.3) is 10.9 Å². The summed E-state index contributed by atoms with van der Waals surface area (Å²) in [6, 6.07) is 18.5. The Morgan fingerprint density at radius 3 is 2.48 bits per heavy atom. The first-order valence-corrected chi connectivity index (χ1v) is 7.49. The van der Waals surface area contributed by atoms with Crippen LogP contribution in [0.5, 0.6) is 0 Å². The number of carbonyl (C=O) groups excluding carboxylic acids is 1. The van der Waals surface area contributed by atoms with E-state index >= 15 is 0 Å². The molecule has 4 heteroatoms. The van der Waals surface area contributed by atoms with Crippen molar-refractivity contribution in [3.8, 4) is 0 Å². The third-order valence-corrected chi connectivity index (χ3v) is 3.69. The van der Waals surface area contributed by atoms with Crippen LogP contribution in [0, 0.1) is 0 Å². The lowest BCUT2D eigenvalue weighted by Crippen LogP contribution is -2.00. The topological polar surface area (TPSA) is 43.6 Å². The Bertz CT molecular complexity index is 863. The van der Waals surface area contributed by atoms with E-state index in [9.17, 15) is 4.79 Å². The van der Waals surface area contributed by atoms with Gasteiger partial charge in [-0.3, -0.25) is 0 Å². The highest BCUT2D eigenvalue weighted by molar-refractivity contribution is 6.09. The Morgan fingerprint density at radius 2 is 1.74 bits per heavy atom. The third kappa shape index (κ3) is 3.31. The van der Waals surface area contributed by atoms with E-state index in [1.54, 1.807) is 0 Å². The first-order valence-electron chi connectivity index (χ1n) is 7.49. The standard InChI is InChI=1S/C19H18N2O2/c1-14(20-23-15(2)22)18-13-21(12-16-8-4-3-5-9-16)19-11-7-6-10-17(18)19/h3-11,13H,12H2,1-2H3/b20-14+. The predicted molar refractivity (Wildman–Crippen MR) is 91.5 cm³/mol. The fourth-order valence-electron chi connectivity index (χ4n) is 2.63. The Hall–Kier alpha value is -2.88. The van der Waals surface area contributed by atoms with Crippen molar-refractivity contribution in [2.24, 2.45) is 5.16 Å². The van der Waals surface area contributed by atoms with Gasteiger partial charge in [0, 0.05) is 36.1 Å². The van der Waals surface area contributed by atoms with Gasteiger partial charge in [0.05, 0.1) is 5.71 Å². The van der Waals surface area contributed by atoms with E-state index in [-0.39, 0.29) is 0 Å². The quantitative estimate of drug-likeness (QED) is 0.416. The molecular formula is C19H18N2O2. The highest BCUT2D eigenvalue weighted by atomic mass is 16.7. The van der Waals surface area contributed by atoms with Gasteiger partial charge in [-0.25, -0.2) is 4.79 Å². The molecule has 0 N–H and O–H groups in total. The van der Waals surface area contributed by atoms with Crippen LogP contribution in [0.1, 0.15) is 25.0 Å². The van der Waals surface area contributed by atoms with Crippen molar-refractivity contribution in [2.45, 2.75) is 20.4 Å². The average molecular weight is 306 g/mol. The summed E-state index contributed by atoms with van der Waals surface area (Å²) in [6.45, 7) is 3.97. The predicted octanol–water partition coefficient (Wildman–Crippen LogP) is 3.98. The summed E-state index contributed by atoms with van der Waals surface area (Å²) in [5, 5.41) is 5.01. The number of benzene rings is 2. The van der Waals surface area contributed by atoms with Gasteiger partial charge in [0.1, 0.15) is 0 Å². The Balaban J connectivity index is 2.03. The van der Waals surface area contributed by atoms with Crippen molar-refractivity contribution in [1.29, 1.82) is 0 Å². The molecule has 0 saturated carbocycles. The fourth-order valence-corrected chi connectivity index (χ4v) is 2.63. The third-order valence-electron chi connectivity index (χ3n) is 3.69. The van der Waals surface area contributed by atoms with Crippen molar-refractivity contribution < 1.29 is 9.63 Å². The number of oxime groups is 1. The van der Waals surface area contributed by atoms with E-state index < -0.39 is 5.97 Å². The molecule has 2 aromatic carbocycles. The summed E-state index contributed by atoms with van der Waals surface area (Å²) in [6.07, 6.45) is 2.06. The molecule has 3 aromatic rings. The van der Waals surface area contributed by atoms with Gasteiger partial charge in [0.25, 0.3) is 0 Å². The van der Waals surface area contributed by atoms with Crippen LogP contribution < -0.4 is 0 Å². The summed E-state index contributed by atoms with van der Waals surface area (Å²) >= 11 is 0. The van der Waals surface area contributed by atoms with Gasteiger partial charge in [-0.05, 0) is 18.6 Å². The van der Waals surface area contributed by atoms with Gasteiger partial charge in [0.15, 0.2) is 0 Å². The minimum Gasteiger partial charge on any atom is -0.342 e. The molecule has 1 aromatic heterocycles. The van der Waals surface area contributed by atoms with E-state index in [1.807, 2.05) is 37.3 Å². The van der Waals surface area contributed by atoms with Crippen molar-refractivity contribution >= 4 is 22.6 Å². The number of hydrogen-bond acceptors (Lipinski definition) is 3. The van der Waals surface area contributed by atoms with Crippen molar-refractivity contribution in [2.75, 3.05) is 0 Å². The molecule has 0 aliphatic rings. The Morgan fingerprint density at radius 1 is 1.04 bits per heavy atom. The van der Waals surface area contributed by atoms with E-state index in [0.717, 1.165) is 23.0 Å². The van der Waals surface area contributed by atoms with Crippen molar-refractivity contribution in [3.63, 3.8) is 0 Å². The second-order valence-corrected chi connectivity index (χ2v) is 5.43. The number of carbonyl (C=O) groups is 1. The molecule has 0 aliphatic carbocycles. The molecule has 4 nitrogen and oxygen atoms in total. The van der Waals surface area contributed by atoms with Crippen LogP contribution in [0.2, 0.25) is 0 Å². The fraction of sp³-hybridized carbons (Fsp3) is 0.158. The summed E-state index contributed by atoms with van der Waals surface area (Å²) in [5.74, 6) is -0.419. The number of aromatic nitrogens is 1. The molecule has 0 amide bonds. The van der Waals surface area contributed by atoms with Crippen molar-refractivity contribution in [1.82, 2.24) is 4.57 Å². The zero-order valence-electron chi connectivity index (χ0n) is 13.2. The maximum absolute atomic E-state index is 11.0. The molecule has 3 rings (SSSR count). The van der Waals surface area contributed by atoms with Crippen LogP contribution in [0.4, 0.5) is 0 Å². The van der Waals surface area contributed by atoms with Gasteiger partial charge in [0.2, 0.25) is 0 Å². The monoisotopic (exact) mass is 306 g/mol. The van der Waals surface area contributed by atoms with Gasteiger partial charge >= 0.3 is 5.97 Å². The van der Waals surface area contributed by atoms with Gasteiger partial charge in [-0.15, -0.1) is 0 Å². The average Bonchev–Trinajstić information content (AvgIpc) is 2.92. The maximum Gasteiger partial charge on any atom is 0.331 e. The first-order chi connectivity index (χ1) is 11.1. The molecule has 0 fully saturated rings. The summed E-state index contributed by atoms with van der Waals surface area (Å²) in [7, 11) is 0. The molecule has 23 heavy (non-hydrogen) atoms. The minimum absolute atomic E-state index is 0.419. The molecule has 0 saturated heterocycles. The second-order valence-electron chi connectivity index (χ2n) is 5.43. The van der Waals surface area contributed by atoms with Crippen molar-refractivity contribution in [3.05, 3.63) is 71.9 Å². The molecule has 0 aliphatic heterocycles. The number of para-hydroxylation sites is 1. The van der Waals surface area contributed by atoms with Crippen LogP contribution in [0.15, 0.2) is 65.9 Å². The molecule has 0 spiro atoms. The summed E-state index contributed by atoms with van der Waals surface area (Å²) < 4.78 is 2.19. The summed E-state index contributed by atoms with van der Waals surface area (Å²) in [5.41, 5.74) is 4.01. The van der Waals surface area contributed by atoms with Gasteiger partial charge in [-0.1, -0.05) is 53.7 Å². The van der Waals surface area contributed by atoms with Crippen LogP contribution >= 0.6 is 0 Å². The number of fused-ring (bicyclic) bond motifs is 1. The zero-order valence-corrected chi connectivity index (χ0v) is 13.2. The normalized spacial score (nSPS) is 11.7. The Kier molecular flexibility index (Phi) is 4.24. The van der Waals surface area contributed by atoms with Crippen LogP contribution in [-0.2, 0) is 16.2 Å². The van der Waals surface area contributed by atoms with E-state index in [1.165, 1.54) is 12.5 Å². The smallest absolute Gasteiger partial charge is 0.331 e.